The number of nitrogens with one attached hydrogen (secondary N) is 1. The summed E-state index contributed by atoms with van der Waals surface area (Å²) in [4.78, 5) is 25.9. The lowest BCUT2D eigenvalue weighted by molar-refractivity contribution is 0.0686. The highest BCUT2D eigenvalue weighted by molar-refractivity contribution is 7.90. The Balaban J connectivity index is 2.08. The fraction of sp³-hybridized carbons (Fsp3) is 0.500. The first-order valence-electron chi connectivity index (χ1n) is 7.84. The summed E-state index contributed by atoms with van der Waals surface area (Å²) in [6.45, 7) is 2.97. The van der Waals surface area contributed by atoms with Crippen molar-refractivity contribution < 1.29 is 22.7 Å². The van der Waals surface area contributed by atoms with Crippen LogP contribution in [0.2, 0.25) is 0 Å². The van der Waals surface area contributed by atoms with E-state index < -0.39 is 15.9 Å². The van der Waals surface area contributed by atoms with Crippen LogP contribution in [0.25, 0.3) is 0 Å². The molecule has 7 nitrogen and oxygen atoms in total. The maximum Gasteiger partial charge on any atom is 0.407 e. The number of carbonyl (C=O) groups is 2. The summed E-state index contributed by atoms with van der Waals surface area (Å²) in [5.74, 6) is -0.240. The zero-order valence-corrected chi connectivity index (χ0v) is 14.6. The highest BCUT2D eigenvalue weighted by Crippen LogP contribution is 2.17. The molecule has 1 N–H and O–H groups in total. The van der Waals surface area contributed by atoms with Crippen molar-refractivity contribution in [1.82, 2.24) is 10.2 Å². The maximum atomic E-state index is 12.6. The Morgan fingerprint density at radius 3 is 2.79 bits per heavy atom. The molecule has 1 fully saturated rings. The molecule has 1 unspecified atom stereocenters. The van der Waals surface area contributed by atoms with Crippen molar-refractivity contribution in [2.45, 2.75) is 30.7 Å². The van der Waals surface area contributed by atoms with Crippen LogP contribution in [0, 0.1) is 0 Å². The summed E-state index contributed by atoms with van der Waals surface area (Å²) in [5.41, 5.74) is 0.328. The van der Waals surface area contributed by atoms with Gasteiger partial charge in [-0.1, -0.05) is 6.07 Å². The SMILES string of the molecule is CCOC(=O)NC1CCCN(C(=O)c2cccc(S(C)(=O)=O)c2)C1. The largest absolute Gasteiger partial charge is 0.450 e. The van der Waals surface area contributed by atoms with Gasteiger partial charge < -0.3 is 15.0 Å². The number of nitrogens with zero attached hydrogens (tertiary/aromatic N) is 1. The predicted molar refractivity (Wildman–Crippen MR) is 88.6 cm³/mol. The van der Waals surface area contributed by atoms with Crippen LogP contribution in [-0.4, -0.2) is 57.3 Å². The van der Waals surface area contributed by atoms with Crippen LogP contribution >= 0.6 is 0 Å². The normalized spacial score (nSPS) is 18.1. The molecule has 8 heteroatoms. The summed E-state index contributed by atoms with van der Waals surface area (Å²) in [6, 6.07) is 5.84. The molecule has 1 saturated heterocycles. The Morgan fingerprint density at radius 1 is 1.38 bits per heavy atom. The Bertz CT molecular complexity index is 717. The molecule has 132 valence electrons. The smallest absolute Gasteiger partial charge is 0.407 e. The van der Waals surface area contributed by atoms with Gasteiger partial charge in [0, 0.05) is 31.0 Å². The molecule has 2 rings (SSSR count). The van der Waals surface area contributed by atoms with Crippen LogP contribution < -0.4 is 5.32 Å². The van der Waals surface area contributed by atoms with Crippen molar-refractivity contribution in [3.05, 3.63) is 29.8 Å². The molecule has 1 aliphatic rings. The summed E-state index contributed by atoms with van der Waals surface area (Å²) in [7, 11) is -3.37. The van der Waals surface area contributed by atoms with Gasteiger partial charge in [0.25, 0.3) is 5.91 Å². The Hall–Kier alpha value is -2.09. The molecular formula is C16H22N2O5S. The van der Waals surface area contributed by atoms with E-state index in [1.807, 2.05) is 0 Å². The van der Waals surface area contributed by atoms with E-state index in [1.165, 1.54) is 12.1 Å². The second-order valence-electron chi connectivity index (χ2n) is 5.76. The van der Waals surface area contributed by atoms with Crippen molar-refractivity contribution in [1.29, 1.82) is 0 Å². The minimum atomic E-state index is -3.37. The molecule has 1 aromatic rings. The lowest BCUT2D eigenvalue weighted by atomic mass is 10.0. The Kier molecular flexibility index (Phi) is 5.82. The van der Waals surface area contributed by atoms with E-state index >= 15 is 0 Å². The number of carbonyl (C=O) groups excluding carboxylic acids is 2. The Labute approximate surface area is 141 Å². The molecule has 24 heavy (non-hydrogen) atoms. The molecule has 0 radical (unpaired) electrons. The van der Waals surface area contributed by atoms with Crippen LogP contribution in [0.4, 0.5) is 4.79 Å². The van der Waals surface area contributed by atoms with Crippen LogP contribution in [0.5, 0.6) is 0 Å². The quantitative estimate of drug-likeness (QED) is 0.883. The number of rotatable bonds is 4. The molecule has 1 aromatic carbocycles. The number of benzene rings is 1. The van der Waals surface area contributed by atoms with Crippen molar-refractivity contribution in [2.24, 2.45) is 0 Å². The number of hydrogen-bond donors (Lipinski definition) is 1. The predicted octanol–water partition coefficient (Wildman–Crippen LogP) is 1.44. The van der Waals surface area contributed by atoms with Gasteiger partial charge >= 0.3 is 6.09 Å². The summed E-state index contributed by atoms with van der Waals surface area (Å²) in [6.07, 6.45) is 2.15. The van der Waals surface area contributed by atoms with E-state index in [9.17, 15) is 18.0 Å². The number of amides is 2. The van der Waals surface area contributed by atoms with E-state index in [2.05, 4.69) is 5.32 Å². The third-order valence-corrected chi connectivity index (χ3v) is 4.93. The van der Waals surface area contributed by atoms with E-state index in [1.54, 1.807) is 24.0 Å². The molecule has 0 spiro atoms. The zero-order valence-electron chi connectivity index (χ0n) is 13.8. The van der Waals surface area contributed by atoms with Crippen molar-refractivity contribution >= 4 is 21.8 Å². The van der Waals surface area contributed by atoms with E-state index in [0.29, 0.717) is 25.3 Å². The van der Waals surface area contributed by atoms with Gasteiger partial charge in [-0.15, -0.1) is 0 Å². The first kappa shape index (κ1) is 18.3. The van der Waals surface area contributed by atoms with E-state index in [-0.39, 0.29) is 16.8 Å². The van der Waals surface area contributed by atoms with Gasteiger partial charge in [-0.3, -0.25) is 4.79 Å². The Morgan fingerprint density at radius 2 is 2.12 bits per heavy atom. The zero-order chi connectivity index (χ0) is 17.7. The molecular weight excluding hydrogens is 332 g/mol. The van der Waals surface area contributed by atoms with Gasteiger partial charge in [-0.25, -0.2) is 13.2 Å². The lowest BCUT2D eigenvalue weighted by Gasteiger charge is -2.33. The van der Waals surface area contributed by atoms with Crippen molar-refractivity contribution in [3.8, 4) is 0 Å². The van der Waals surface area contributed by atoms with Gasteiger partial charge in [0.1, 0.15) is 0 Å². The summed E-state index contributed by atoms with van der Waals surface area (Å²) < 4.78 is 28.1. The van der Waals surface area contributed by atoms with Gasteiger partial charge in [0.15, 0.2) is 9.84 Å². The highest BCUT2D eigenvalue weighted by Gasteiger charge is 2.26. The highest BCUT2D eigenvalue weighted by atomic mass is 32.2. The number of ether oxygens (including phenoxy) is 1. The molecule has 2 amide bonds. The van der Waals surface area contributed by atoms with Gasteiger partial charge in [-0.2, -0.15) is 0 Å². The van der Waals surface area contributed by atoms with Gasteiger partial charge in [0.2, 0.25) is 0 Å². The standard InChI is InChI=1S/C16H22N2O5S/c1-3-23-16(20)17-13-7-5-9-18(11-13)15(19)12-6-4-8-14(10-12)24(2,21)22/h4,6,8,10,13H,3,5,7,9,11H2,1-2H3,(H,17,20). The number of hydrogen-bond acceptors (Lipinski definition) is 5. The molecule has 1 atom stereocenters. The molecule has 1 heterocycles. The summed E-state index contributed by atoms with van der Waals surface area (Å²) >= 11 is 0. The first-order chi connectivity index (χ1) is 11.3. The molecule has 0 aliphatic carbocycles. The molecule has 0 aromatic heterocycles. The molecule has 0 saturated carbocycles. The fourth-order valence-corrected chi connectivity index (χ4v) is 3.33. The van der Waals surface area contributed by atoms with Crippen LogP contribution in [-0.2, 0) is 14.6 Å². The van der Waals surface area contributed by atoms with E-state index in [0.717, 1.165) is 19.1 Å². The second kappa shape index (κ2) is 7.65. The second-order valence-corrected chi connectivity index (χ2v) is 7.77. The van der Waals surface area contributed by atoms with Gasteiger partial charge in [0.05, 0.1) is 11.5 Å². The number of alkyl carbamates (subject to hydrolysis) is 1. The van der Waals surface area contributed by atoms with Crippen molar-refractivity contribution in [3.63, 3.8) is 0 Å². The number of sulfone groups is 1. The monoisotopic (exact) mass is 354 g/mol. The molecule has 1 aliphatic heterocycles. The molecule has 0 bridgehead atoms. The average molecular weight is 354 g/mol. The summed E-state index contributed by atoms with van der Waals surface area (Å²) in [5, 5.41) is 2.74. The van der Waals surface area contributed by atoms with Crippen LogP contribution in [0.1, 0.15) is 30.1 Å². The van der Waals surface area contributed by atoms with Crippen LogP contribution in [0.15, 0.2) is 29.2 Å². The fourth-order valence-electron chi connectivity index (χ4n) is 2.66. The first-order valence-corrected chi connectivity index (χ1v) is 9.73. The van der Waals surface area contributed by atoms with Gasteiger partial charge in [-0.05, 0) is 38.0 Å². The average Bonchev–Trinajstić information content (AvgIpc) is 2.54. The third-order valence-electron chi connectivity index (χ3n) is 3.82. The topological polar surface area (TPSA) is 92.8 Å². The van der Waals surface area contributed by atoms with Crippen molar-refractivity contribution in [2.75, 3.05) is 26.0 Å². The number of likely N-dealkylation sites (tertiary alicyclic amines) is 1. The van der Waals surface area contributed by atoms with Crippen LogP contribution in [0.3, 0.4) is 0 Å². The van der Waals surface area contributed by atoms with E-state index in [4.69, 9.17) is 4.74 Å². The maximum absolute atomic E-state index is 12.6. The lowest BCUT2D eigenvalue weighted by Crippen LogP contribution is -2.49. The minimum absolute atomic E-state index is 0.117. The number of piperidine rings is 1. The third kappa shape index (κ3) is 4.70. The minimum Gasteiger partial charge on any atom is -0.450 e.